The molecule has 1 heterocycles. The van der Waals surface area contributed by atoms with Crippen LogP contribution in [0.3, 0.4) is 0 Å². The monoisotopic (exact) mass is 415 g/mol. The van der Waals surface area contributed by atoms with Crippen molar-refractivity contribution in [2.75, 3.05) is 13.2 Å². The van der Waals surface area contributed by atoms with E-state index in [1.54, 1.807) is 32.9 Å². The van der Waals surface area contributed by atoms with Crippen LogP contribution in [0.2, 0.25) is 0 Å². The Morgan fingerprint density at radius 2 is 1.77 bits per heavy atom. The van der Waals surface area contributed by atoms with Crippen molar-refractivity contribution in [3.63, 3.8) is 0 Å². The van der Waals surface area contributed by atoms with Gasteiger partial charge in [0, 0.05) is 22.9 Å². The van der Waals surface area contributed by atoms with Crippen LogP contribution >= 0.6 is 0 Å². The lowest BCUT2D eigenvalue weighted by atomic mass is 9.69. The number of carbonyl (C=O) groups excluding carboxylic acids is 3. The van der Waals surface area contributed by atoms with E-state index in [1.807, 2.05) is 6.92 Å². The van der Waals surface area contributed by atoms with Gasteiger partial charge < -0.3 is 14.8 Å². The van der Waals surface area contributed by atoms with Crippen molar-refractivity contribution in [2.24, 2.45) is 11.8 Å². The van der Waals surface area contributed by atoms with Gasteiger partial charge in [0.2, 0.25) is 0 Å². The van der Waals surface area contributed by atoms with Gasteiger partial charge in [-0.25, -0.2) is 9.18 Å². The van der Waals surface area contributed by atoms with E-state index in [-0.39, 0.29) is 30.5 Å². The van der Waals surface area contributed by atoms with E-state index in [4.69, 9.17) is 9.47 Å². The summed E-state index contributed by atoms with van der Waals surface area (Å²) in [6.07, 6.45) is 0.454. The topological polar surface area (TPSA) is 81.7 Å². The smallest absolute Gasteiger partial charge is 0.336 e. The highest BCUT2D eigenvalue weighted by molar-refractivity contribution is 6.12. The van der Waals surface area contributed by atoms with Crippen molar-refractivity contribution in [2.45, 2.75) is 40.0 Å². The lowest BCUT2D eigenvalue weighted by Crippen LogP contribution is -2.43. The fraction of sp³-hybridized carbons (Fsp3) is 0.435. The molecule has 0 radical (unpaired) electrons. The molecule has 3 atom stereocenters. The fourth-order valence-electron chi connectivity index (χ4n) is 4.25. The zero-order valence-electron chi connectivity index (χ0n) is 17.6. The number of Topliss-reactive ketones (excluding diaryl/α,β-unsaturated/α-hetero) is 1. The summed E-state index contributed by atoms with van der Waals surface area (Å²) in [4.78, 5) is 38.8. The molecule has 0 spiro atoms. The van der Waals surface area contributed by atoms with Gasteiger partial charge >= 0.3 is 11.9 Å². The van der Waals surface area contributed by atoms with Crippen LogP contribution in [-0.4, -0.2) is 30.9 Å². The molecule has 1 aromatic carbocycles. The Morgan fingerprint density at radius 1 is 1.13 bits per heavy atom. The van der Waals surface area contributed by atoms with E-state index < -0.39 is 29.6 Å². The number of hydrogen-bond acceptors (Lipinski definition) is 6. The number of hydrogen-bond donors (Lipinski definition) is 1. The number of ketones is 1. The summed E-state index contributed by atoms with van der Waals surface area (Å²) in [5, 5.41) is 3.18. The molecule has 0 amide bonds. The first-order valence-corrected chi connectivity index (χ1v) is 10.1. The predicted molar refractivity (Wildman–Crippen MR) is 108 cm³/mol. The zero-order valence-corrected chi connectivity index (χ0v) is 17.6. The molecular weight excluding hydrogens is 389 g/mol. The molecule has 3 rings (SSSR count). The first-order chi connectivity index (χ1) is 14.3. The molecule has 7 heteroatoms. The van der Waals surface area contributed by atoms with Crippen molar-refractivity contribution < 1.29 is 28.2 Å². The molecule has 0 bridgehead atoms. The Labute approximate surface area is 175 Å². The number of allylic oxidation sites excluding steroid dienone is 3. The van der Waals surface area contributed by atoms with Gasteiger partial charge in [-0.15, -0.1) is 0 Å². The SMILES string of the molecule is CCOC(=O)C1=C(C)NC2=C(C(=O)C(C(=O)OCC)C(C)C2)C1c1ccc(F)cc1. The minimum absolute atomic E-state index is 0.175. The van der Waals surface area contributed by atoms with Crippen molar-refractivity contribution in [1.82, 2.24) is 5.32 Å². The highest BCUT2D eigenvalue weighted by atomic mass is 19.1. The Balaban J connectivity index is 2.15. The molecule has 1 N–H and O–H groups in total. The van der Waals surface area contributed by atoms with Crippen LogP contribution < -0.4 is 5.32 Å². The summed E-state index contributed by atoms with van der Waals surface area (Å²) in [7, 11) is 0. The summed E-state index contributed by atoms with van der Waals surface area (Å²) in [6, 6.07) is 5.67. The second kappa shape index (κ2) is 8.81. The van der Waals surface area contributed by atoms with Crippen LogP contribution in [-0.2, 0) is 23.9 Å². The molecule has 160 valence electrons. The fourth-order valence-corrected chi connectivity index (χ4v) is 4.25. The van der Waals surface area contributed by atoms with Gasteiger partial charge in [-0.1, -0.05) is 19.1 Å². The van der Waals surface area contributed by atoms with Crippen LogP contribution in [0.15, 0.2) is 46.8 Å². The number of nitrogens with one attached hydrogen (secondary N) is 1. The molecule has 30 heavy (non-hydrogen) atoms. The first kappa shape index (κ1) is 21.7. The molecule has 0 fully saturated rings. The third-order valence-electron chi connectivity index (χ3n) is 5.53. The van der Waals surface area contributed by atoms with E-state index in [9.17, 15) is 18.8 Å². The summed E-state index contributed by atoms with van der Waals surface area (Å²) in [5.41, 5.74) is 2.46. The molecule has 3 unspecified atom stereocenters. The van der Waals surface area contributed by atoms with Gasteiger partial charge in [-0.3, -0.25) is 9.59 Å². The Kier molecular flexibility index (Phi) is 6.39. The Bertz CT molecular complexity index is 931. The quantitative estimate of drug-likeness (QED) is 0.586. The molecule has 0 saturated carbocycles. The molecular formula is C23H26FNO5. The number of carbonyl (C=O) groups is 3. The van der Waals surface area contributed by atoms with Crippen LogP contribution in [0.5, 0.6) is 0 Å². The van der Waals surface area contributed by atoms with Gasteiger partial charge in [-0.05, 0) is 50.8 Å². The molecule has 0 saturated heterocycles. The molecule has 0 aromatic heterocycles. The Hall–Kier alpha value is -2.96. The van der Waals surface area contributed by atoms with Crippen LogP contribution in [0.25, 0.3) is 0 Å². The van der Waals surface area contributed by atoms with Gasteiger partial charge in [0.1, 0.15) is 11.7 Å². The largest absolute Gasteiger partial charge is 0.465 e. The minimum Gasteiger partial charge on any atom is -0.465 e. The van der Waals surface area contributed by atoms with Crippen molar-refractivity contribution in [1.29, 1.82) is 0 Å². The van der Waals surface area contributed by atoms with E-state index in [1.165, 1.54) is 12.1 Å². The number of dihydropyridines is 1. The van der Waals surface area contributed by atoms with Gasteiger partial charge in [0.25, 0.3) is 0 Å². The normalized spacial score (nSPS) is 23.6. The molecule has 1 aliphatic carbocycles. The Morgan fingerprint density at radius 3 is 2.37 bits per heavy atom. The van der Waals surface area contributed by atoms with E-state index >= 15 is 0 Å². The molecule has 2 aliphatic rings. The summed E-state index contributed by atoms with van der Waals surface area (Å²) in [5.74, 6) is -3.88. The van der Waals surface area contributed by atoms with Gasteiger partial charge in [0.15, 0.2) is 5.78 Å². The van der Waals surface area contributed by atoms with E-state index in [2.05, 4.69) is 5.32 Å². The van der Waals surface area contributed by atoms with Crippen LogP contribution in [0.4, 0.5) is 4.39 Å². The minimum atomic E-state index is -0.949. The van der Waals surface area contributed by atoms with Gasteiger partial charge in [0.05, 0.1) is 18.8 Å². The maximum absolute atomic E-state index is 13.6. The third-order valence-corrected chi connectivity index (χ3v) is 5.53. The number of esters is 2. The standard InChI is InChI=1S/C23H26FNO5/c1-5-29-22(27)17-12(3)11-16-20(21(17)26)19(14-7-9-15(24)10-8-14)18(13(4)25-16)23(28)30-6-2/h7-10,12,17,19,25H,5-6,11H2,1-4H3. The van der Waals surface area contributed by atoms with E-state index in [0.717, 1.165) is 0 Å². The van der Waals surface area contributed by atoms with Gasteiger partial charge in [-0.2, -0.15) is 0 Å². The highest BCUT2D eigenvalue weighted by Crippen LogP contribution is 2.45. The lowest BCUT2D eigenvalue weighted by Gasteiger charge is -2.38. The average molecular weight is 415 g/mol. The molecule has 6 nitrogen and oxygen atoms in total. The summed E-state index contributed by atoms with van der Waals surface area (Å²) >= 11 is 0. The van der Waals surface area contributed by atoms with Crippen molar-refractivity contribution >= 4 is 17.7 Å². The summed E-state index contributed by atoms with van der Waals surface area (Å²) in [6.45, 7) is 7.32. The maximum atomic E-state index is 13.6. The third kappa shape index (κ3) is 3.88. The van der Waals surface area contributed by atoms with Crippen LogP contribution in [0, 0.1) is 17.7 Å². The number of rotatable bonds is 5. The highest BCUT2D eigenvalue weighted by Gasteiger charge is 2.47. The second-order valence-corrected chi connectivity index (χ2v) is 7.54. The molecule has 1 aromatic rings. The number of benzene rings is 1. The zero-order chi connectivity index (χ0) is 22.0. The average Bonchev–Trinajstić information content (AvgIpc) is 2.68. The molecule has 1 aliphatic heterocycles. The lowest BCUT2D eigenvalue weighted by molar-refractivity contribution is -0.153. The van der Waals surface area contributed by atoms with Crippen molar-refractivity contribution in [3.05, 3.63) is 58.2 Å². The van der Waals surface area contributed by atoms with Crippen LogP contribution in [0.1, 0.15) is 45.6 Å². The first-order valence-electron chi connectivity index (χ1n) is 10.1. The maximum Gasteiger partial charge on any atom is 0.336 e. The number of halogens is 1. The summed E-state index contributed by atoms with van der Waals surface area (Å²) < 4.78 is 23.9. The predicted octanol–water partition coefficient (Wildman–Crippen LogP) is 3.39. The second-order valence-electron chi connectivity index (χ2n) is 7.54. The van der Waals surface area contributed by atoms with E-state index in [0.29, 0.717) is 29.0 Å². The number of ether oxygens (including phenoxy) is 2. The van der Waals surface area contributed by atoms with Crippen molar-refractivity contribution in [3.8, 4) is 0 Å².